The number of unbranched alkanes of at least 4 members (excludes halogenated alkanes) is 2. The molecular formula is C15H27N3. The number of nitrogens with one attached hydrogen (secondary N) is 1. The predicted molar refractivity (Wildman–Crippen MR) is 79.0 cm³/mol. The largest absolute Gasteiger partial charge is 0.373 e. The molecule has 0 amide bonds. The van der Waals surface area contributed by atoms with E-state index in [0.29, 0.717) is 0 Å². The molecule has 3 heteroatoms. The minimum atomic E-state index is 0.934. The van der Waals surface area contributed by atoms with Crippen LogP contribution in [0.15, 0.2) is 18.5 Å². The number of hydrogen-bond acceptors (Lipinski definition) is 3. The van der Waals surface area contributed by atoms with Gasteiger partial charge in [0, 0.05) is 26.3 Å². The zero-order valence-corrected chi connectivity index (χ0v) is 12.1. The van der Waals surface area contributed by atoms with Crippen LogP contribution in [0.2, 0.25) is 0 Å². The van der Waals surface area contributed by atoms with Crippen molar-refractivity contribution in [1.82, 2.24) is 10.3 Å². The second-order valence-electron chi connectivity index (χ2n) is 4.81. The van der Waals surface area contributed by atoms with Gasteiger partial charge in [-0.15, -0.1) is 0 Å². The molecule has 0 aliphatic carbocycles. The highest BCUT2D eigenvalue weighted by molar-refractivity contribution is 5.50. The molecular weight excluding hydrogens is 222 g/mol. The molecule has 1 rings (SSSR count). The van der Waals surface area contributed by atoms with Gasteiger partial charge in [0.1, 0.15) is 0 Å². The summed E-state index contributed by atoms with van der Waals surface area (Å²) in [5.74, 6) is 0. The van der Waals surface area contributed by atoms with E-state index in [9.17, 15) is 0 Å². The summed E-state index contributed by atoms with van der Waals surface area (Å²) in [6.07, 6.45) is 8.86. The molecule has 1 N–H and O–H groups in total. The van der Waals surface area contributed by atoms with E-state index in [0.717, 1.165) is 19.6 Å². The third-order valence-electron chi connectivity index (χ3n) is 3.14. The molecule has 0 atom stereocenters. The average molecular weight is 249 g/mol. The molecule has 0 aliphatic heterocycles. The lowest BCUT2D eigenvalue weighted by molar-refractivity contribution is 0.668. The SMILES string of the molecule is CCCCCN(C)c1cnccc1CNCCC. The van der Waals surface area contributed by atoms with Crippen molar-refractivity contribution in [3.63, 3.8) is 0 Å². The topological polar surface area (TPSA) is 28.2 Å². The van der Waals surface area contributed by atoms with Gasteiger partial charge in [-0.2, -0.15) is 0 Å². The number of anilines is 1. The summed E-state index contributed by atoms with van der Waals surface area (Å²) in [4.78, 5) is 6.58. The average Bonchev–Trinajstić information content (AvgIpc) is 2.40. The number of rotatable bonds is 9. The first-order chi connectivity index (χ1) is 8.79. The fraction of sp³-hybridized carbons (Fsp3) is 0.667. The van der Waals surface area contributed by atoms with Crippen molar-refractivity contribution in [1.29, 1.82) is 0 Å². The highest BCUT2D eigenvalue weighted by Gasteiger charge is 2.06. The van der Waals surface area contributed by atoms with Crippen LogP contribution in [0.3, 0.4) is 0 Å². The maximum absolute atomic E-state index is 4.25. The van der Waals surface area contributed by atoms with Gasteiger partial charge in [0.25, 0.3) is 0 Å². The Bertz CT molecular complexity index is 325. The van der Waals surface area contributed by atoms with Gasteiger partial charge in [-0.1, -0.05) is 26.7 Å². The van der Waals surface area contributed by atoms with E-state index in [1.807, 2.05) is 12.4 Å². The van der Waals surface area contributed by atoms with Crippen molar-refractivity contribution in [2.75, 3.05) is 25.0 Å². The fourth-order valence-corrected chi connectivity index (χ4v) is 2.03. The molecule has 0 aliphatic rings. The van der Waals surface area contributed by atoms with Crippen molar-refractivity contribution in [2.24, 2.45) is 0 Å². The normalized spacial score (nSPS) is 10.6. The monoisotopic (exact) mass is 249 g/mol. The van der Waals surface area contributed by atoms with Crippen molar-refractivity contribution in [3.05, 3.63) is 24.0 Å². The maximum Gasteiger partial charge on any atom is 0.0595 e. The lowest BCUT2D eigenvalue weighted by Crippen LogP contribution is -2.22. The minimum absolute atomic E-state index is 0.934. The summed E-state index contributed by atoms with van der Waals surface area (Å²) in [6, 6.07) is 2.12. The van der Waals surface area contributed by atoms with Gasteiger partial charge in [-0.25, -0.2) is 0 Å². The van der Waals surface area contributed by atoms with Crippen LogP contribution in [0.5, 0.6) is 0 Å². The van der Waals surface area contributed by atoms with E-state index >= 15 is 0 Å². The molecule has 0 radical (unpaired) electrons. The standard InChI is InChI=1S/C15H27N3/c1-4-6-7-11-18(3)15-13-17-10-8-14(15)12-16-9-5-2/h8,10,13,16H,4-7,9,11-12H2,1-3H3. The van der Waals surface area contributed by atoms with Crippen LogP contribution in [-0.4, -0.2) is 25.1 Å². The van der Waals surface area contributed by atoms with E-state index in [4.69, 9.17) is 0 Å². The third-order valence-corrected chi connectivity index (χ3v) is 3.14. The maximum atomic E-state index is 4.25. The van der Waals surface area contributed by atoms with Gasteiger partial charge < -0.3 is 10.2 Å². The Hall–Kier alpha value is -1.09. The lowest BCUT2D eigenvalue weighted by atomic mass is 10.2. The van der Waals surface area contributed by atoms with E-state index < -0.39 is 0 Å². The highest BCUT2D eigenvalue weighted by Crippen LogP contribution is 2.18. The Morgan fingerprint density at radius 3 is 2.78 bits per heavy atom. The smallest absolute Gasteiger partial charge is 0.0595 e. The van der Waals surface area contributed by atoms with Crippen molar-refractivity contribution in [2.45, 2.75) is 46.1 Å². The van der Waals surface area contributed by atoms with Gasteiger partial charge in [0.15, 0.2) is 0 Å². The Kier molecular flexibility index (Phi) is 7.42. The van der Waals surface area contributed by atoms with Gasteiger partial charge in [-0.3, -0.25) is 4.98 Å². The van der Waals surface area contributed by atoms with E-state index in [2.05, 4.69) is 42.2 Å². The Morgan fingerprint density at radius 1 is 1.22 bits per heavy atom. The number of nitrogens with zero attached hydrogens (tertiary/aromatic N) is 2. The van der Waals surface area contributed by atoms with Crippen LogP contribution in [0.4, 0.5) is 5.69 Å². The van der Waals surface area contributed by atoms with Crippen molar-refractivity contribution in [3.8, 4) is 0 Å². The van der Waals surface area contributed by atoms with E-state index in [-0.39, 0.29) is 0 Å². The zero-order chi connectivity index (χ0) is 13.2. The molecule has 18 heavy (non-hydrogen) atoms. The Labute approximate surface area is 112 Å². The molecule has 1 heterocycles. The molecule has 3 nitrogen and oxygen atoms in total. The minimum Gasteiger partial charge on any atom is -0.373 e. The summed E-state index contributed by atoms with van der Waals surface area (Å²) in [7, 11) is 2.16. The van der Waals surface area contributed by atoms with Crippen LogP contribution >= 0.6 is 0 Å². The molecule has 0 spiro atoms. The first kappa shape index (κ1) is 15.0. The molecule has 1 aromatic rings. The Morgan fingerprint density at radius 2 is 2.06 bits per heavy atom. The van der Waals surface area contributed by atoms with Crippen LogP contribution < -0.4 is 10.2 Å². The number of hydrogen-bond donors (Lipinski definition) is 1. The first-order valence-electron chi connectivity index (χ1n) is 7.14. The molecule has 0 saturated heterocycles. The molecule has 0 saturated carbocycles. The second kappa shape index (κ2) is 8.92. The first-order valence-corrected chi connectivity index (χ1v) is 7.14. The van der Waals surface area contributed by atoms with Crippen LogP contribution in [0.1, 0.15) is 45.1 Å². The summed E-state index contributed by atoms with van der Waals surface area (Å²) in [6.45, 7) is 7.55. The molecule has 102 valence electrons. The molecule has 0 bridgehead atoms. The van der Waals surface area contributed by atoms with E-state index in [1.165, 1.54) is 36.9 Å². The molecule has 0 aromatic carbocycles. The lowest BCUT2D eigenvalue weighted by Gasteiger charge is -2.22. The quantitative estimate of drug-likeness (QED) is 0.681. The van der Waals surface area contributed by atoms with Gasteiger partial charge in [-0.05, 0) is 31.0 Å². The second-order valence-corrected chi connectivity index (χ2v) is 4.81. The van der Waals surface area contributed by atoms with E-state index in [1.54, 1.807) is 0 Å². The van der Waals surface area contributed by atoms with Crippen molar-refractivity contribution >= 4 is 5.69 Å². The zero-order valence-electron chi connectivity index (χ0n) is 12.1. The molecule has 1 aromatic heterocycles. The fourth-order valence-electron chi connectivity index (χ4n) is 2.03. The molecule has 0 fully saturated rings. The summed E-state index contributed by atoms with van der Waals surface area (Å²) in [5.41, 5.74) is 2.61. The van der Waals surface area contributed by atoms with Crippen LogP contribution in [-0.2, 0) is 6.54 Å². The summed E-state index contributed by atoms with van der Waals surface area (Å²) >= 11 is 0. The summed E-state index contributed by atoms with van der Waals surface area (Å²) < 4.78 is 0. The van der Waals surface area contributed by atoms with Crippen LogP contribution in [0.25, 0.3) is 0 Å². The van der Waals surface area contributed by atoms with Gasteiger partial charge in [0.05, 0.1) is 11.9 Å². The van der Waals surface area contributed by atoms with Gasteiger partial charge in [0.2, 0.25) is 0 Å². The van der Waals surface area contributed by atoms with Crippen molar-refractivity contribution < 1.29 is 0 Å². The predicted octanol–water partition coefficient (Wildman–Crippen LogP) is 3.21. The van der Waals surface area contributed by atoms with Crippen LogP contribution in [0, 0.1) is 0 Å². The number of aromatic nitrogens is 1. The summed E-state index contributed by atoms with van der Waals surface area (Å²) in [5, 5.41) is 3.46. The highest BCUT2D eigenvalue weighted by atomic mass is 15.1. The number of pyridine rings is 1. The third kappa shape index (κ3) is 5.05. The molecule has 0 unspecified atom stereocenters. The Balaban J connectivity index is 2.56. The van der Waals surface area contributed by atoms with Gasteiger partial charge >= 0.3 is 0 Å².